The third-order valence-electron chi connectivity index (χ3n) is 3.96. The Kier molecular flexibility index (Phi) is 5.11. The SMILES string of the molecule is COc1cccc(C(O)CN2CCC(C(F)(F)F)CC2)c1. The van der Waals surface area contributed by atoms with Crippen LogP contribution in [0, 0.1) is 5.92 Å². The molecule has 1 unspecified atom stereocenters. The zero-order valence-corrected chi connectivity index (χ0v) is 11.9. The number of piperidine rings is 1. The molecule has 1 N–H and O–H groups in total. The number of alkyl halides is 3. The quantitative estimate of drug-likeness (QED) is 0.928. The molecule has 1 fully saturated rings. The zero-order chi connectivity index (χ0) is 15.5. The molecule has 1 aliphatic rings. The lowest BCUT2D eigenvalue weighted by Crippen LogP contribution is -2.40. The third-order valence-corrected chi connectivity index (χ3v) is 3.96. The van der Waals surface area contributed by atoms with Gasteiger partial charge in [-0.2, -0.15) is 13.2 Å². The summed E-state index contributed by atoms with van der Waals surface area (Å²) in [5.41, 5.74) is 0.715. The summed E-state index contributed by atoms with van der Waals surface area (Å²) in [5.74, 6) is -0.551. The Morgan fingerprint density at radius 2 is 2.00 bits per heavy atom. The van der Waals surface area contributed by atoms with Crippen molar-refractivity contribution in [1.29, 1.82) is 0 Å². The molecule has 2 rings (SSSR count). The fourth-order valence-electron chi connectivity index (χ4n) is 2.64. The Bertz CT molecular complexity index is 456. The van der Waals surface area contributed by atoms with Crippen molar-refractivity contribution in [1.82, 2.24) is 4.90 Å². The predicted molar refractivity (Wildman–Crippen MR) is 73.2 cm³/mol. The minimum Gasteiger partial charge on any atom is -0.497 e. The van der Waals surface area contributed by atoms with Crippen molar-refractivity contribution in [2.45, 2.75) is 25.1 Å². The summed E-state index contributed by atoms with van der Waals surface area (Å²) in [7, 11) is 1.55. The number of benzene rings is 1. The summed E-state index contributed by atoms with van der Waals surface area (Å²) in [4.78, 5) is 1.88. The minimum absolute atomic E-state index is 0.105. The summed E-state index contributed by atoms with van der Waals surface area (Å²) in [6.07, 6.45) is -4.61. The number of hydrogen-bond acceptors (Lipinski definition) is 3. The van der Waals surface area contributed by atoms with E-state index in [-0.39, 0.29) is 12.8 Å². The lowest BCUT2D eigenvalue weighted by Gasteiger charge is -2.34. The van der Waals surface area contributed by atoms with Crippen LogP contribution < -0.4 is 4.74 Å². The summed E-state index contributed by atoms with van der Waals surface area (Å²) >= 11 is 0. The van der Waals surface area contributed by atoms with Gasteiger partial charge in [-0.1, -0.05) is 12.1 Å². The molecular formula is C15H20F3NO2. The molecule has 0 amide bonds. The molecule has 1 heterocycles. The Balaban J connectivity index is 1.88. The highest BCUT2D eigenvalue weighted by molar-refractivity contribution is 5.29. The summed E-state index contributed by atoms with van der Waals surface area (Å²) in [5, 5.41) is 10.2. The molecule has 6 heteroatoms. The van der Waals surface area contributed by atoms with Gasteiger partial charge in [0.25, 0.3) is 0 Å². The van der Waals surface area contributed by atoms with Crippen LogP contribution in [0.2, 0.25) is 0 Å². The molecule has 1 aromatic carbocycles. The fraction of sp³-hybridized carbons (Fsp3) is 0.600. The van der Waals surface area contributed by atoms with Crippen LogP contribution in [0.1, 0.15) is 24.5 Å². The highest BCUT2D eigenvalue weighted by atomic mass is 19.4. The molecule has 0 saturated carbocycles. The number of halogens is 3. The van der Waals surface area contributed by atoms with Gasteiger partial charge >= 0.3 is 6.18 Å². The highest BCUT2D eigenvalue weighted by Gasteiger charge is 2.41. The van der Waals surface area contributed by atoms with Crippen molar-refractivity contribution in [3.63, 3.8) is 0 Å². The first-order valence-corrected chi connectivity index (χ1v) is 7.01. The summed E-state index contributed by atoms with van der Waals surface area (Å²) in [6.45, 7) is 1.08. The molecule has 1 aliphatic heterocycles. The topological polar surface area (TPSA) is 32.7 Å². The molecule has 1 atom stereocenters. The van der Waals surface area contributed by atoms with Crippen LogP contribution in [-0.2, 0) is 0 Å². The molecule has 0 aliphatic carbocycles. The summed E-state index contributed by atoms with van der Waals surface area (Å²) in [6, 6.07) is 7.10. The number of rotatable bonds is 4. The number of nitrogens with zero attached hydrogens (tertiary/aromatic N) is 1. The van der Waals surface area contributed by atoms with Gasteiger partial charge in [-0.3, -0.25) is 0 Å². The first-order valence-electron chi connectivity index (χ1n) is 7.01. The van der Waals surface area contributed by atoms with E-state index in [0.717, 1.165) is 0 Å². The lowest BCUT2D eigenvalue weighted by molar-refractivity contribution is -0.185. The van der Waals surface area contributed by atoms with Crippen LogP contribution >= 0.6 is 0 Å². The van der Waals surface area contributed by atoms with E-state index in [1.54, 1.807) is 31.4 Å². The second-order valence-corrected chi connectivity index (χ2v) is 5.41. The molecule has 0 spiro atoms. The lowest BCUT2D eigenvalue weighted by atomic mass is 9.96. The van der Waals surface area contributed by atoms with E-state index in [9.17, 15) is 18.3 Å². The molecule has 1 aromatic rings. The number of methoxy groups -OCH3 is 1. The van der Waals surface area contributed by atoms with Crippen molar-refractivity contribution < 1.29 is 23.0 Å². The van der Waals surface area contributed by atoms with Crippen LogP contribution in [0.5, 0.6) is 5.75 Å². The van der Waals surface area contributed by atoms with E-state index in [1.807, 2.05) is 4.90 Å². The molecule has 0 radical (unpaired) electrons. The second-order valence-electron chi connectivity index (χ2n) is 5.41. The van der Waals surface area contributed by atoms with Crippen molar-refractivity contribution in [2.75, 3.05) is 26.7 Å². The average molecular weight is 303 g/mol. The maximum atomic E-state index is 12.6. The maximum Gasteiger partial charge on any atom is 0.391 e. The van der Waals surface area contributed by atoms with Crippen molar-refractivity contribution in [2.24, 2.45) is 5.92 Å². The van der Waals surface area contributed by atoms with Gasteiger partial charge in [0.05, 0.1) is 19.1 Å². The van der Waals surface area contributed by atoms with Crippen molar-refractivity contribution in [3.05, 3.63) is 29.8 Å². The largest absolute Gasteiger partial charge is 0.497 e. The first kappa shape index (κ1) is 16.1. The van der Waals surface area contributed by atoms with Gasteiger partial charge in [0.1, 0.15) is 5.75 Å². The fourth-order valence-corrected chi connectivity index (χ4v) is 2.64. The third kappa shape index (κ3) is 4.35. The van der Waals surface area contributed by atoms with Gasteiger partial charge in [-0.25, -0.2) is 0 Å². The number of hydrogen-bond donors (Lipinski definition) is 1. The molecule has 3 nitrogen and oxygen atoms in total. The van der Waals surface area contributed by atoms with Crippen molar-refractivity contribution >= 4 is 0 Å². The van der Waals surface area contributed by atoms with E-state index in [4.69, 9.17) is 4.74 Å². The van der Waals surface area contributed by atoms with Gasteiger partial charge in [-0.05, 0) is 43.6 Å². The van der Waals surface area contributed by atoms with E-state index in [2.05, 4.69) is 0 Å². The Hall–Kier alpha value is -1.27. The van der Waals surface area contributed by atoms with Crippen LogP contribution in [0.4, 0.5) is 13.2 Å². The summed E-state index contributed by atoms with van der Waals surface area (Å²) < 4.78 is 42.9. The van der Waals surface area contributed by atoms with Crippen LogP contribution in [0.25, 0.3) is 0 Å². The number of ether oxygens (including phenoxy) is 1. The smallest absolute Gasteiger partial charge is 0.391 e. The molecule has 21 heavy (non-hydrogen) atoms. The van der Waals surface area contributed by atoms with E-state index in [1.165, 1.54) is 0 Å². The maximum absolute atomic E-state index is 12.6. The zero-order valence-electron chi connectivity index (χ0n) is 11.9. The molecular weight excluding hydrogens is 283 g/mol. The molecule has 0 aromatic heterocycles. The average Bonchev–Trinajstić information content (AvgIpc) is 2.47. The predicted octanol–water partition coefficient (Wildman–Crippen LogP) is 3.00. The standard InChI is InChI=1S/C15H20F3NO2/c1-21-13-4-2-3-11(9-13)14(20)10-19-7-5-12(6-8-19)15(16,17)18/h2-4,9,12,14,20H,5-8,10H2,1H3. The second kappa shape index (κ2) is 6.66. The van der Waals surface area contributed by atoms with Gasteiger partial charge in [0, 0.05) is 6.54 Å². The van der Waals surface area contributed by atoms with Gasteiger partial charge < -0.3 is 14.7 Å². The Labute approximate surface area is 122 Å². The van der Waals surface area contributed by atoms with Crippen LogP contribution in [0.3, 0.4) is 0 Å². The number of β-amino-alcohol motifs (C(OH)–C–C–N with tert-alkyl or cyclic N) is 1. The molecule has 118 valence electrons. The monoisotopic (exact) mass is 303 g/mol. The van der Waals surface area contributed by atoms with Gasteiger partial charge in [0.15, 0.2) is 0 Å². The Morgan fingerprint density at radius 1 is 1.33 bits per heavy atom. The molecule has 0 bridgehead atoms. The van der Waals surface area contributed by atoms with E-state index >= 15 is 0 Å². The minimum atomic E-state index is -4.10. The number of aliphatic hydroxyl groups is 1. The normalized spacial score (nSPS) is 19.5. The van der Waals surface area contributed by atoms with E-state index in [0.29, 0.717) is 30.9 Å². The van der Waals surface area contributed by atoms with E-state index < -0.39 is 18.2 Å². The van der Waals surface area contributed by atoms with Gasteiger partial charge in [-0.15, -0.1) is 0 Å². The molecule has 1 saturated heterocycles. The number of likely N-dealkylation sites (tertiary alicyclic amines) is 1. The van der Waals surface area contributed by atoms with Gasteiger partial charge in [0.2, 0.25) is 0 Å². The first-order chi connectivity index (χ1) is 9.90. The number of aliphatic hydroxyl groups excluding tert-OH is 1. The van der Waals surface area contributed by atoms with Crippen LogP contribution in [0.15, 0.2) is 24.3 Å². The Morgan fingerprint density at radius 3 is 2.57 bits per heavy atom. The van der Waals surface area contributed by atoms with Crippen molar-refractivity contribution in [3.8, 4) is 5.75 Å². The van der Waals surface area contributed by atoms with Crippen LogP contribution in [-0.4, -0.2) is 42.9 Å². The highest BCUT2D eigenvalue weighted by Crippen LogP contribution is 2.34.